The summed E-state index contributed by atoms with van der Waals surface area (Å²) in [6.07, 6.45) is 10.9. The minimum absolute atomic E-state index is 0.747. The Hall–Kier alpha value is -1.50. The molecule has 0 spiro atoms. The Balaban J connectivity index is 2.19. The molecule has 1 aromatic carbocycles. The number of allylic oxidation sites excluding steroid dienone is 2. The van der Waals surface area contributed by atoms with Crippen LogP contribution in [0.25, 0.3) is 11.8 Å². The molecular weight excluding hydrogens is 242 g/mol. The van der Waals surface area contributed by atoms with Crippen LogP contribution in [0, 0.1) is 0 Å². The topological polar surface area (TPSA) is 3.24 Å². The number of benzene rings is 1. The van der Waals surface area contributed by atoms with E-state index in [4.69, 9.17) is 0 Å². The number of hydrogen-bond donors (Lipinski definition) is 0. The van der Waals surface area contributed by atoms with Gasteiger partial charge < -0.3 is 4.90 Å². The second-order valence-electron chi connectivity index (χ2n) is 5.82. The van der Waals surface area contributed by atoms with Crippen molar-refractivity contribution < 1.29 is 0 Å². The molecule has 1 aliphatic carbocycles. The van der Waals surface area contributed by atoms with Gasteiger partial charge in [0, 0.05) is 23.0 Å². The molecule has 0 unspecified atom stereocenters. The normalized spacial score (nSPS) is 20.1. The molecule has 0 bridgehead atoms. The van der Waals surface area contributed by atoms with Crippen molar-refractivity contribution in [2.45, 2.75) is 58.9 Å². The molecule has 1 aliphatic heterocycles. The first-order valence-electron chi connectivity index (χ1n) is 8.12. The molecule has 2 aliphatic rings. The molecule has 3 rings (SSSR count). The third kappa shape index (κ3) is 2.19. The molecule has 106 valence electrons. The standard InChI is InChI=1S/C19H25N/c1-4-8-18-19-14(5-2)9-7-10-15(19)13-16(6-3)20(18)17-11-12-17/h7-10,13,17H,4-6,11-12H2,1-3H3/b18-8+. The summed E-state index contributed by atoms with van der Waals surface area (Å²) < 4.78 is 0. The van der Waals surface area contributed by atoms with Crippen LogP contribution in [0.2, 0.25) is 0 Å². The van der Waals surface area contributed by atoms with Gasteiger partial charge in [0.1, 0.15) is 0 Å². The van der Waals surface area contributed by atoms with Gasteiger partial charge >= 0.3 is 0 Å². The van der Waals surface area contributed by atoms with Crippen molar-refractivity contribution in [1.29, 1.82) is 0 Å². The predicted molar refractivity (Wildman–Crippen MR) is 87.2 cm³/mol. The molecule has 0 radical (unpaired) electrons. The van der Waals surface area contributed by atoms with Crippen LogP contribution in [-0.2, 0) is 6.42 Å². The van der Waals surface area contributed by atoms with Crippen molar-refractivity contribution in [3.05, 3.63) is 46.7 Å². The molecule has 0 atom stereocenters. The summed E-state index contributed by atoms with van der Waals surface area (Å²) in [4.78, 5) is 2.63. The van der Waals surface area contributed by atoms with Crippen LogP contribution in [0.1, 0.15) is 63.1 Å². The highest BCUT2D eigenvalue weighted by atomic mass is 15.2. The Morgan fingerprint density at radius 1 is 1.15 bits per heavy atom. The zero-order valence-corrected chi connectivity index (χ0v) is 12.9. The van der Waals surface area contributed by atoms with Crippen molar-refractivity contribution in [2.75, 3.05) is 0 Å². The van der Waals surface area contributed by atoms with E-state index in [-0.39, 0.29) is 0 Å². The first kappa shape index (κ1) is 13.5. The monoisotopic (exact) mass is 267 g/mol. The van der Waals surface area contributed by atoms with Crippen LogP contribution >= 0.6 is 0 Å². The molecule has 1 fully saturated rings. The lowest BCUT2D eigenvalue weighted by molar-refractivity contribution is 0.462. The van der Waals surface area contributed by atoms with Crippen molar-refractivity contribution in [2.24, 2.45) is 0 Å². The fourth-order valence-corrected chi connectivity index (χ4v) is 3.30. The van der Waals surface area contributed by atoms with Gasteiger partial charge in [-0.1, -0.05) is 45.0 Å². The molecule has 1 saturated carbocycles. The highest BCUT2D eigenvalue weighted by molar-refractivity contribution is 5.81. The zero-order valence-electron chi connectivity index (χ0n) is 12.9. The lowest BCUT2D eigenvalue weighted by Gasteiger charge is -2.35. The van der Waals surface area contributed by atoms with E-state index < -0.39 is 0 Å². The third-order valence-corrected chi connectivity index (χ3v) is 4.38. The summed E-state index contributed by atoms with van der Waals surface area (Å²) >= 11 is 0. The van der Waals surface area contributed by atoms with E-state index in [9.17, 15) is 0 Å². The Labute approximate surface area is 123 Å². The van der Waals surface area contributed by atoms with E-state index in [0.29, 0.717) is 0 Å². The highest BCUT2D eigenvalue weighted by Crippen LogP contribution is 2.44. The maximum absolute atomic E-state index is 2.63. The van der Waals surface area contributed by atoms with Crippen molar-refractivity contribution in [3.8, 4) is 0 Å². The second kappa shape index (κ2) is 5.47. The lowest BCUT2D eigenvalue weighted by Crippen LogP contribution is -2.27. The van der Waals surface area contributed by atoms with Crippen molar-refractivity contribution >= 4 is 11.8 Å². The Kier molecular flexibility index (Phi) is 3.69. The van der Waals surface area contributed by atoms with Crippen LogP contribution < -0.4 is 0 Å². The first-order chi connectivity index (χ1) is 9.80. The fourth-order valence-electron chi connectivity index (χ4n) is 3.30. The summed E-state index contributed by atoms with van der Waals surface area (Å²) in [5.41, 5.74) is 7.35. The zero-order chi connectivity index (χ0) is 14.1. The average molecular weight is 267 g/mol. The van der Waals surface area contributed by atoms with Crippen molar-refractivity contribution in [1.82, 2.24) is 4.90 Å². The largest absolute Gasteiger partial charge is 0.342 e. The van der Waals surface area contributed by atoms with E-state index >= 15 is 0 Å². The molecule has 1 aromatic rings. The lowest BCUT2D eigenvalue weighted by atomic mass is 9.91. The van der Waals surface area contributed by atoms with Crippen LogP contribution in [0.15, 0.2) is 30.0 Å². The number of rotatable bonds is 4. The number of hydrogen-bond acceptors (Lipinski definition) is 1. The Morgan fingerprint density at radius 3 is 2.55 bits per heavy atom. The number of nitrogens with zero attached hydrogens (tertiary/aromatic N) is 1. The highest BCUT2D eigenvalue weighted by Gasteiger charge is 2.35. The minimum atomic E-state index is 0.747. The van der Waals surface area contributed by atoms with Gasteiger partial charge in [-0.3, -0.25) is 0 Å². The summed E-state index contributed by atoms with van der Waals surface area (Å²) in [6.45, 7) is 6.79. The molecule has 1 nitrogen and oxygen atoms in total. The van der Waals surface area contributed by atoms with Gasteiger partial charge in [-0.05, 0) is 49.3 Å². The fraction of sp³-hybridized carbons (Fsp3) is 0.474. The predicted octanol–water partition coefficient (Wildman–Crippen LogP) is 5.23. The van der Waals surface area contributed by atoms with Crippen LogP contribution in [0.5, 0.6) is 0 Å². The van der Waals surface area contributed by atoms with Gasteiger partial charge in [-0.25, -0.2) is 0 Å². The van der Waals surface area contributed by atoms with Gasteiger partial charge in [0.25, 0.3) is 0 Å². The molecular formula is C19H25N. The number of aryl methyl sites for hydroxylation is 1. The molecule has 0 N–H and O–H groups in total. The van der Waals surface area contributed by atoms with E-state index in [0.717, 1.165) is 25.3 Å². The maximum atomic E-state index is 2.63. The summed E-state index contributed by atoms with van der Waals surface area (Å²) in [7, 11) is 0. The maximum Gasteiger partial charge on any atom is 0.0452 e. The smallest absolute Gasteiger partial charge is 0.0452 e. The molecule has 1 heteroatoms. The van der Waals surface area contributed by atoms with Gasteiger partial charge in [0.2, 0.25) is 0 Å². The van der Waals surface area contributed by atoms with E-state index in [2.05, 4.69) is 56.0 Å². The summed E-state index contributed by atoms with van der Waals surface area (Å²) in [5.74, 6) is 0. The number of fused-ring (bicyclic) bond motifs is 1. The van der Waals surface area contributed by atoms with Crippen LogP contribution in [0.3, 0.4) is 0 Å². The SMILES string of the molecule is CC/C=C1\c2c(cccc2CC)C=C(CC)N1C1CC1. The first-order valence-corrected chi connectivity index (χ1v) is 8.12. The third-order valence-electron chi connectivity index (χ3n) is 4.38. The minimum Gasteiger partial charge on any atom is -0.342 e. The molecule has 0 amide bonds. The Bertz CT molecular complexity index is 561. The van der Waals surface area contributed by atoms with E-state index in [1.54, 1.807) is 0 Å². The summed E-state index contributed by atoms with van der Waals surface area (Å²) in [5, 5.41) is 0. The van der Waals surface area contributed by atoms with E-state index in [1.807, 2.05) is 0 Å². The average Bonchev–Trinajstić information content (AvgIpc) is 3.30. The van der Waals surface area contributed by atoms with Gasteiger partial charge in [0.05, 0.1) is 0 Å². The van der Waals surface area contributed by atoms with Gasteiger partial charge in [-0.2, -0.15) is 0 Å². The van der Waals surface area contributed by atoms with Crippen LogP contribution in [0.4, 0.5) is 0 Å². The molecule has 20 heavy (non-hydrogen) atoms. The molecule has 0 saturated heterocycles. The van der Waals surface area contributed by atoms with E-state index in [1.165, 1.54) is 40.9 Å². The quantitative estimate of drug-likeness (QED) is 0.722. The summed E-state index contributed by atoms with van der Waals surface area (Å²) in [6, 6.07) is 7.52. The van der Waals surface area contributed by atoms with Crippen LogP contribution in [-0.4, -0.2) is 10.9 Å². The molecule has 1 heterocycles. The second-order valence-corrected chi connectivity index (χ2v) is 5.82. The van der Waals surface area contributed by atoms with Gasteiger partial charge in [-0.15, -0.1) is 0 Å². The van der Waals surface area contributed by atoms with Crippen molar-refractivity contribution in [3.63, 3.8) is 0 Å². The molecule has 0 aromatic heterocycles. The van der Waals surface area contributed by atoms with Gasteiger partial charge in [0.15, 0.2) is 0 Å². The Morgan fingerprint density at radius 2 is 1.95 bits per heavy atom.